The van der Waals surface area contributed by atoms with E-state index in [-0.39, 0.29) is 0 Å². The van der Waals surface area contributed by atoms with Crippen molar-refractivity contribution in [2.24, 2.45) is 0 Å². The maximum Gasteiger partial charge on any atom is 0.414 e. The molecule has 0 heterocycles. The standard InChI is InChI=1S/C20H28N2O.C2H2O4/c1-4-23-20-13-9-8-12-19(20)17-22(15-14-21(2)3)16-18-10-6-5-7-11-18;3-1(4)2(5)6/h5-13H,4,14-17H2,1-3H3;(H,3,4)(H,5,6). The van der Waals surface area contributed by atoms with Gasteiger partial charge in [0.15, 0.2) is 0 Å². The van der Waals surface area contributed by atoms with Crippen molar-refractivity contribution in [3.05, 3.63) is 65.7 Å². The molecule has 0 spiro atoms. The van der Waals surface area contributed by atoms with Crippen LogP contribution in [0.15, 0.2) is 54.6 Å². The Bertz CT molecular complexity index is 738. The summed E-state index contributed by atoms with van der Waals surface area (Å²) in [6, 6.07) is 19.0. The van der Waals surface area contributed by atoms with Crippen LogP contribution in [0, 0.1) is 0 Å². The van der Waals surface area contributed by atoms with Crippen LogP contribution in [0.1, 0.15) is 18.1 Å². The molecule has 2 aromatic rings. The molecule has 29 heavy (non-hydrogen) atoms. The van der Waals surface area contributed by atoms with E-state index >= 15 is 0 Å². The van der Waals surface area contributed by atoms with Crippen LogP contribution in [-0.2, 0) is 22.7 Å². The third-order valence-corrected chi connectivity index (χ3v) is 3.96. The lowest BCUT2D eigenvalue weighted by molar-refractivity contribution is -0.159. The van der Waals surface area contributed by atoms with Crippen molar-refractivity contribution in [3.63, 3.8) is 0 Å². The molecule has 0 aliphatic carbocycles. The number of rotatable bonds is 9. The SMILES string of the molecule is CCOc1ccccc1CN(CCN(C)C)Cc1ccccc1.O=C(O)C(=O)O. The van der Waals surface area contributed by atoms with E-state index in [2.05, 4.69) is 72.4 Å². The molecule has 0 radical (unpaired) electrons. The third-order valence-electron chi connectivity index (χ3n) is 3.96. The first-order valence-corrected chi connectivity index (χ1v) is 9.41. The average Bonchev–Trinajstić information content (AvgIpc) is 2.69. The normalized spacial score (nSPS) is 10.4. The molecule has 0 saturated heterocycles. The number of carboxylic acids is 2. The Hall–Kier alpha value is -2.90. The number of likely N-dealkylation sites (N-methyl/N-ethyl adjacent to an activating group) is 1. The fraction of sp³-hybridized carbons (Fsp3) is 0.364. The van der Waals surface area contributed by atoms with Gasteiger partial charge < -0.3 is 19.8 Å². The van der Waals surface area contributed by atoms with Gasteiger partial charge in [0.05, 0.1) is 6.61 Å². The van der Waals surface area contributed by atoms with E-state index in [1.54, 1.807) is 0 Å². The number of ether oxygens (including phenoxy) is 1. The Kier molecular flexibility index (Phi) is 11.1. The molecular weight excluding hydrogens is 372 g/mol. The molecular formula is C22H30N2O5. The maximum absolute atomic E-state index is 9.10. The predicted octanol–water partition coefficient (Wildman–Crippen LogP) is 2.80. The van der Waals surface area contributed by atoms with E-state index in [0.717, 1.165) is 31.9 Å². The highest BCUT2D eigenvalue weighted by Gasteiger charge is 2.11. The molecule has 7 heteroatoms. The first-order valence-electron chi connectivity index (χ1n) is 9.41. The van der Waals surface area contributed by atoms with Gasteiger partial charge in [0.1, 0.15) is 5.75 Å². The number of carboxylic acid groups (broad SMARTS) is 2. The summed E-state index contributed by atoms with van der Waals surface area (Å²) in [7, 11) is 4.24. The van der Waals surface area contributed by atoms with Crippen LogP contribution < -0.4 is 4.74 Å². The second-order valence-corrected chi connectivity index (χ2v) is 6.65. The van der Waals surface area contributed by atoms with E-state index in [1.807, 2.05) is 13.0 Å². The summed E-state index contributed by atoms with van der Waals surface area (Å²) in [4.78, 5) is 22.9. The summed E-state index contributed by atoms with van der Waals surface area (Å²) in [5, 5.41) is 14.8. The van der Waals surface area contributed by atoms with Crippen molar-refractivity contribution in [2.75, 3.05) is 33.8 Å². The lowest BCUT2D eigenvalue weighted by Crippen LogP contribution is -2.31. The van der Waals surface area contributed by atoms with Crippen LogP contribution in [0.25, 0.3) is 0 Å². The molecule has 0 amide bonds. The van der Waals surface area contributed by atoms with Gasteiger partial charge in [-0.15, -0.1) is 0 Å². The zero-order chi connectivity index (χ0) is 21.6. The van der Waals surface area contributed by atoms with Crippen molar-refractivity contribution < 1.29 is 24.5 Å². The quantitative estimate of drug-likeness (QED) is 0.623. The Balaban J connectivity index is 0.000000612. The molecule has 0 unspecified atom stereocenters. The molecule has 0 fully saturated rings. The molecule has 2 aromatic carbocycles. The van der Waals surface area contributed by atoms with E-state index in [9.17, 15) is 0 Å². The summed E-state index contributed by atoms with van der Waals surface area (Å²) < 4.78 is 5.78. The second kappa shape index (κ2) is 13.3. The summed E-state index contributed by atoms with van der Waals surface area (Å²) in [5.41, 5.74) is 2.60. The first-order chi connectivity index (χ1) is 13.8. The van der Waals surface area contributed by atoms with Crippen molar-refractivity contribution in [1.29, 1.82) is 0 Å². The van der Waals surface area contributed by atoms with E-state index in [4.69, 9.17) is 24.5 Å². The largest absolute Gasteiger partial charge is 0.494 e. The Morgan fingerprint density at radius 2 is 1.45 bits per heavy atom. The lowest BCUT2D eigenvalue weighted by atomic mass is 10.1. The fourth-order valence-corrected chi connectivity index (χ4v) is 2.57. The Morgan fingerprint density at radius 3 is 2.00 bits per heavy atom. The monoisotopic (exact) mass is 402 g/mol. The zero-order valence-corrected chi connectivity index (χ0v) is 17.2. The van der Waals surface area contributed by atoms with Crippen LogP contribution in [0.3, 0.4) is 0 Å². The Labute approximate surface area is 172 Å². The number of hydrogen-bond donors (Lipinski definition) is 2. The number of carbonyl (C=O) groups is 2. The minimum Gasteiger partial charge on any atom is -0.494 e. The molecule has 158 valence electrons. The topological polar surface area (TPSA) is 90.3 Å². The first kappa shape index (κ1) is 24.1. The van der Waals surface area contributed by atoms with Gasteiger partial charge in [0, 0.05) is 31.7 Å². The molecule has 0 aromatic heterocycles. The number of nitrogens with zero attached hydrogens (tertiary/aromatic N) is 2. The molecule has 2 rings (SSSR count). The molecule has 0 saturated carbocycles. The van der Waals surface area contributed by atoms with E-state index in [0.29, 0.717) is 6.61 Å². The van der Waals surface area contributed by atoms with Crippen molar-refractivity contribution in [1.82, 2.24) is 9.80 Å². The maximum atomic E-state index is 9.10. The number of aliphatic carboxylic acids is 2. The Morgan fingerprint density at radius 1 is 0.862 bits per heavy atom. The second-order valence-electron chi connectivity index (χ2n) is 6.65. The van der Waals surface area contributed by atoms with E-state index < -0.39 is 11.9 Å². The number of benzene rings is 2. The van der Waals surface area contributed by atoms with Gasteiger partial charge >= 0.3 is 11.9 Å². The summed E-state index contributed by atoms with van der Waals surface area (Å²) >= 11 is 0. The highest BCUT2D eigenvalue weighted by molar-refractivity contribution is 6.27. The van der Waals surface area contributed by atoms with E-state index in [1.165, 1.54) is 11.1 Å². The summed E-state index contributed by atoms with van der Waals surface area (Å²) in [6.45, 7) is 6.66. The number of para-hydroxylation sites is 1. The van der Waals surface area contributed by atoms with Gasteiger partial charge in [0.25, 0.3) is 0 Å². The number of hydrogen-bond acceptors (Lipinski definition) is 5. The van der Waals surface area contributed by atoms with Gasteiger partial charge in [-0.3, -0.25) is 4.90 Å². The molecule has 0 aliphatic rings. The van der Waals surface area contributed by atoms with Crippen molar-refractivity contribution >= 4 is 11.9 Å². The summed E-state index contributed by atoms with van der Waals surface area (Å²) in [5.74, 6) is -2.65. The van der Waals surface area contributed by atoms with Gasteiger partial charge in [-0.05, 0) is 32.6 Å². The molecule has 0 atom stereocenters. The van der Waals surface area contributed by atoms with Crippen LogP contribution in [-0.4, -0.2) is 65.7 Å². The van der Waals surface area contributed by atoms with Gasteiger partial charge in [0.2, 0.25) is 0 Å². The molecule has 7 nitrogen and oxygen atoms in total. The van der Waals surface area contributed by atoms with Gasteiger partial charge in [-0.25, -0.2) is 9.59 Å². The van der Waals surface area contributed by atoms with Crippen LogP contribution in [0.2, 0.25) is 0 Å². The minimum atomic E-state index is -1.82. The predicted molar refractivity (Wildman–Crippen MR) is 112 cm³/mol. The highest BCUT2D eigenvalue weighted by atomic mass is 16.5. The summed E-state index contributed by atoms with van der Waals surface area (Å²) in [6.07, 6.45) is 0. The molecule has 2 N–H and O–H groups in total. The van der Waals surface area contributed by atoms with Gasteiger partial charge in [-0.1, -0.05) is 48.5 Å². The molecule has 0 aliphatic heterocycles. The smallest absolute Gasteiger partial charge is 0.414 e. The van der Waals surface area contributed by atoms with Crippen LogP contribution >= 0.6 is 0 Å². The van der Waals surface area contributed by atoms with Crippen molar-refractivity contribution in [3.8, 4) is 5.75 Å². The minimum absolute atomic E-state index is 0.702. The zero-order valence-electron chi connectivity index (χ0n) is 17.2. The fourth-order valence-electron chi connectivity index (χ4n) is 2.57. The third kappa shape index (κ3) is 10.3. The lowest BCUT2D eigenvalue weighted by Gasteiger charge is -2.25. The van der Waals surface area contributed by atoms with Crippen molar-refractivity contribution in [2.45, 2.75) is 20.0 Å². The van der Waals surface area contributed by atoms with Crippen LogP contribution in [0.5, 0.6) is 5.75 Å². The average molecular weight is 402 g/mol. The molecule has 0 bridgehead atoms. The van der Waals surface area contributed by atoms with Gasteiger partial charge in [-0.2, -0.15) is 0 Å². The highest BCUT2D eigenvalue weighted by Crippen LogP contribution is 2.20. The van der Waals surface area contributed by atoms with Crippen LogP contribution in [0.4, 0.5) is 0 Å².